The molecule has 2 fully saturated rings. The van der Waals surface area contributed by atoms with Crippen molar-refractivity contribution in [3.8, 4) is 0 Å². The van der Waals surface area contributed by atoms with Crippen molar-refractivity contribution in [3.05, 3.63) is 0 Å². The van der Waals surface area contributed by atoms with Gasteiger partial charge in [0.15, 0.2) is 11.9 Å². The average Bonchev–Trinajstić information content (AvgIpc) is 2.92. The molecule has 0 aromatic rings. The molecule has 0 aliphatic carbocycles. The van der Waals surface area contributed by atoms with E-state index in [1.807, 2.05) is 27.7 Å². The Balaban J connectivity index is 2.04. The van der Waals surface area contributed by atoms with E-state index in [1.165, 1.54) is 0 Å². The fourth-order valence-electron chi connectivity index (χ4n) is 1.50. The summed E-state index contributed by atoms with van der Waals surface area (Å²) in [6.07, 6.45) is -0.555. The van der Waals surface area contributed by atoms with Gasteiger partial charge in [0.2, 0.25) is 0 Å². The Kier molecular flexibility index (Phi) is 2.76. The lowest BCUT2D eigenvalue weighted by molar-refractivity contribution is -0.291. The van der Waals surface area contributed by atoms with Crippen molar-refractivity contribution in [2.75, 3.05) is 13.2 Å². The molecule has 2 rings (SSSR count). The molecule has 0 radical (unpaired) electrons. The molecule has 0 spiro atoms. The van der Waals surface area contributed by atoms with Gasteiger partial charge in [-0.15, -0.1) is 0 Å². The SMILES string of the molecule is CC(C)(C)O[C@@H](O[C@]1(C)COC1=O)[C@]1(C)CO1. The number of carbonyl (C=O) groups is 1. The first-order valence-electron chi connectivity index (χ1n) is 5.82. The van der Waals surface area contributed by atoms with E-state index in [-0.39, 0.29) is 18.2 Å². The fraction of sp³-hybridized carbons (Fsp3) is 0.917. The molecule has 0 saturated carbocycles. The highest BCUT2D eigenvalue weighted by Gasteiger charge is 2.56. The monoisotopic (exact) mass is 244 g/mol. The van der Waals surface area contributed by atoms with E-state index in [1.54, 1.807) is 6.92 Å². The second kappa shape index (κ2) is 3.67. The predicted octanol–water partition coefficient (Wildman–Crippen LogP) is 1.25. The number of carbonyl (C=O) groups excluding carboxylic acids is 1. The molecule has 98 valence electrons. The predicted molar refractivity (Wildman–Crippen MR) is 59.4 cm³/mol. The van der Waals surface area contributed by atoms with Crippen molar-refractivity contribution in [3.63, 3.8) is 0 Å². The number of hydrogen-bond acceptors (Lipinski definition) is 5. The molecule has 0 bridgehead atoms. The number of esters is 1. The van der Waals surface area contributed by atoms with Crippen LogP contribution < -0.4 is 0 Å². The van der Waals surface area contributed by atoms with Gasteiger partial charge in [-0.05, 0) is 34.6 Å². The summed E-state index contributed by atoms with van der Waals surface area (Å²) in [6, 6.07) is 0. The molecule has 0 N–H and O–H groups in total. The van der Waals surface area contributed by atoms with Crippen LogP contribution in [0.1, 0.15) is 34.6 Å². The Labute approximate surface area is 101 Å². The van der Waals surface area contributed by atoms with E-state index in [0.717, 1.165) is 0 Å². The van der Waals surface area contributed by atoms with Gasteiger partial charge in [-0.1, -0.05) is 0 Å². The van der Waals surface area contributed by atoms with Crippen LogP contribution in [0.15, 0.2) is 0 Å². The summed E-state index contributed by atoms with van der Waals surface area (Å²) in [6.45, 7) is 10.3. The maximum Gasteiger partial charge on any atom is 0.341 e. The van der Waals surface area contributed by atoms with Gasteiger partial charge < -0.3 is 18.9 Å². The molecule has 3 atom stereocenters. The normalized spacial score (nSPS) is 38.3. The van der Waals surface area contributed by atoms with Gasteiger partial charge in [-0.3, -0.25) is 0 Å². The lowest BCUT2D eigenvalue weighted by atomic mass is 10.0. The Bertz CT molecular complexity index is 328. The molecule has 2 aliphatic rings. The highest BCUT2D eigenvalue weighted by molar-refractivity contribution is 5.84. The van der Waals surface area contributed by atoms with Crippen LogP contribution in [-0.4, -0.2) is 42.3 Å². The molecular formula is C12H20O5. The molecule has 5 nitrogen and oxygen atoms in total. The molecule has 5 heteroatoms. The van der Waals surface area contributed by atoms with Crippen LogP contribution in [0.2, 0.25) is 0 Å². The standard InChI is InChI=1S/C12H20O5/c1-10(2,3)16-9(12(5)7-15-12)17-11(4)6-14-8(11)13/h9H,6-7H2,1-5H3/t9-,11+,12-/m0/s1. The summed E-state index contributed by atoms with van der Waals surface area (Å²) < 4.78 is 21.7. The topological polar surface area (TPSA) is 57.3 Å². The van der Waals surface area contributed by atoms with Crippen LogP contribution in [-0.2, 0) is 23.7 Å². The summed E-state index contributed by atoms with van der Waals surface area (Å²) >= 11 is 0. The van der Waals surface area contributed by atoms with Crippen LogP contribution in [0.25, 0.3) is 0 Å². The van der Waals surface area contributed by atoms with Gasteiger partial charge in [0.1, 0.15) is 12.2 Å². The molecule has 0 aromatic heterocycles. The minimum atomic E-state index is -0.898. The largest absolute Gasteiger partial charge is 0.460 e. The van der Waals surface area contributed by atoms with Crippen LogP contribution in [0.5, 0.6) is 0 Å². The number of ether oxygens (including phenoxy) is 4. The van der Waals surface area contributed by atoms with Crippen molar-refractivity contribution >= 4 is 5.97 Å². The second-order valence-corrected chi connectivity index (χ2v) is 6.09. The summed E-state index contributed by atoms with van der Waals surface area (Å²) in [7, 11) is 0. The maximum atomic E-state index is 11.4. The summed E-state index contributed by atoms with van der Waals surface area (Å²) in [5.41, 5.74) is -1.71. The van der Waals surface area contributed by atoms with Gasteiger partial charge >= 0.3 is 5.97 Å². The highest BCUT2D eigenvalue weighted by Crippen LogP contribution is 2.38. The minimum Gasteiger partial charge on any atom is -0.460 e. The number of cyclic esters (lactones) is 1. The average molecular weight is 244 g/mol. The third kappa shape index (κ3) is 2.61. The Hall–Kier alpha value is -0.650. The molecule has 17 heavy (non-hydrogen) atoms. The van der Waals surface area contributed by atoms with Gasteiger partial charge in [0.25, 0.3) is 0 Å². The minimum absolute atomic E-state index is 0.270. The van der Waals surface area contributed by atoms with Crippen LogP contribution in [0, 0.1) is 0 Å². The van der Waals surface area contributed by atoms with Crippen LogP contribution >= 0.6 is 0 Å². The van der Waals surface area contributed by atoms with E-state index >= 15 is 0 Å². The van der Waals surface area contributed by atoms with E-state index in [9.17, 15) is 4.79 Å². The molecule has 2 saturated heterocycles. The number of rotatable bonds is 4. The molecule has 0 unspecified atom stereocenters. The zero-order valence-electron chi connectivity index (χ0n) is 11.0. The van der Waals surface area contributed by atoms with Crippen molar-refractivity contribution in [1.82, 2.24) is 0 Å². The van der Waals surface area contributed by atoms with Crippen molar-refractivity contribution in [1.29, 1.82) is 0 Å². The molecule has 2 aliphatic heterocycles. The van der Waals surface area contributed by atoms with Crippen molar-refractivity contribution in [2.24, 2.45) is 0 Å². The Morgan fingerprint density at radius 3 is 2.18 bits per heavy atom. The summed E-state index contributed by atoms with van der Waals surface area (Å²) in [4.78, 5) is 11.4. The van der Waals surface area contributed by atoms with E-state index in [4.69, 9.17) is 18.9 Å². The fourth-order valence-corrected chi connectivity index (χ4v) is 1.50. The Morgan fingerprint density at radius 2 is 1.88 bits per heavy atom. The first-order chi connectivity index (χ1) is 7.65. The number of epoxide rings is 1. The van der Waals surface area contributed by atoms with Gasteiger partial charge in [-0.2, -0.15) is 0 Å². The van der Waals surface area contributed by atoms with E-state index in [0.29, 0.717) is 6.61 Å². The van der Waals surface area contributed by atoms with E-state index < -0.39 is 17.5 Å². The zero-order valence-corrected chi connectivity index (χ0v) is 11.0. The quantitative estimate of drug-likeness (QED) is 0.423. The van der Waals surface area contributed by atoms with Crippen molar-refractivity contribution < 1.29 is 23.7 Å². The van der Waals surface area contributed by atoms with Gasteiger partial charge in [0, 0.05) is 0 Å². The highest BCUT2D eigenvalue weighted by atomic mass is 16.8. The third-order valence-corrected chi connectivity index (χ3v) is 2.84. The summed E-state index contributed by atoms with van der Waals surface area (Å²) in [5, 5.41) is 0. The molecule has 0 amide bonds. The Morgan fingerprint density at radius 1 is 1.29 bits per heavy atom. The van der Waals surface area contributed by atoms with E-state index in [2.05, 4.69) is 0 Å². The third-order valence-electron chi connectivity index (χ3n) is 2.84. The number of hydrogen-bond donors (Lipinski definition) is 0. The van der Waals surface area contributed by atoms with Gasteiger partial charge in [0.05, 0.1) is 12.2 Å². The first-order valence-corrected chi connectivity index (χ1v) is 5.82. The molecular weight excluding hydrogens is 224 g/mol. The zero-order chi connectivity index (χ0) is 12.9. The van der Waals surface area contributed by atoms with Crippen LogP contribution in [0.3, 0.4) is 0 Å². The maximum absolute atomic E-state index is 11.4. The first kappa shape index (κ1) is 12.8. The summed E-state index contributed by atoms with van der Waals surface area (Å²) in [5.74, 6) is -0.343. The van der Waals surface area contributed by atoms with Gasteiger partial charge in [-0.25, -0.2) is 4.79 Å². The molecule has 2 heterocycles. The lowest BCUT2D eigenvalue weighted by Gasteiger charge is -2.40. The van der Waals surface area contributed by atoms with Crippen molar-refractivity contribution in [2.45, 2.75) is 57.7 Å². The molecule has 0 aromatic carbocycles. The smallest absolute Gasteiger partial charge is 0.341 e. The lowest BCUT2D eigenvalue weighted by Crippen LogP contribution is -2.58. The van der Waals surface area contributed by atoms with Crippen LogP contribution in [0.4, 0.5) is 0 Å². The second-order valence-electron chi connectivity index (χ2n) is 6.09.